The van der Waals surface area contributed by atoms with Crippen molar-refractivity contribution in [3.63, 3.8) is 0 Å². The Morgan fingerprint density at radius 2 is 1.93 bits per heavy atom. The van der Waals surface area contributed by atoms with Crippen LogP contribution in [0.15, 0.2) is 36.7 Å². The molecule has 0 aliphatic heterocycles. The predicted octanol–water partition coefficient (Wildman–Crippen LogP) is 1.71. The first-order valence-corrected chi connectivity index (χ1v) is 4.45. The van der Waals surface area contributed by atoms with Crippen molar-refractivity contribution in [2.75, 3.05) is 5.73 Å². The fourth-order valence-electron chi connectivity index (χ4n) is 1.27. The van der Waals surface area contributed by atoms with E-state index in [4.69, 9.17) is 12.2 Å². The number of benzene rings is 1. The number of terminal acetylenes is 1. The molecule has 1 aromatic heterocycles. The molecule has 2 N–H and O–H groups in total. The summed E-state index contributed by atoms with van der Waals surface area (Å²) >= 11 is 0. The fourth-order valence-corrected chi connectivity index (χ4v) is 1.27. The third kappa shape index (κ3) is 1.79. The van der Waals surface area contributed by atoms with E-state index in [1.54, 1.807) is 12.4 Å². The lowest BCUT2D eigenvalue weighted by Gasteiger charge is -2.03. The summed E-state index contributed by atoms with van der Waals surface area (Å²) in [4.78, 5) is 8.26. The van der Waals surface area contributed by atoms with E-state index < -0.39 is 0 Å². The summed E-state index contributed by atoms with van der Waals surface area (Å²) in [5.41, 5.74) is 8.62. The molecule has 3 heteroatoms. The van der Waals surface area contributed by atoms with E-state index in [1.165, 1.54) is 0 Å². The molecule has 72 valence electrons. The van der Waals surface area contributed by atoms with Gasteiger partial charge in [-0.3, -0.25) is 4.98 Å². The Bertz CT molecular complexity index is 509. The normalized spacial score (nSPS) is 9.53. The Labute approximate surface area is 88.0 Å². The van der Waals surface area contributed by atoms with Gasteiger partial charge < -0.3 is 5.73 Å². The van der Waals surface area contributed by atoms with Gasteiger partial charge in [0.15, 0.2) is 0 Å². The molecule has 0 fully saturated rings. The van der Waals surface area contributed by atoms with E-state index in [9.17, 15) is 0 Å². The molecule has 0 unspecified atom stereocenters. The highest BCUT2D eigenvalue weighted by Gasteiger charge is 2.02. The molecule has 0 radical (unpaired) electrons. The first-order valence-electron chi connectivity index (χ1n) is 4.45. The minimum atomic E-state index is 0.522. The van der Waals surface area contributed by atoms with Crippen molar-refractivity contribution < 1.29 is 0 Å². The number of aromatic nitrogens is 2. The van der Waals surface area contributed by atoms with Crippen LogP contribution in [0, 0.1) is 12.3 Å². The Balaban J connectivity index is 2.47. The molecule has 3 nitrogen and oxygen atoms in total. The van der Waals surface area contributed by atoms with Crippen LogP contribution in [-0.4, -0.2) is 9.97 Å². The van der Waals surface area contributed by atoms with Gasteiger partial charge in [-0.05, 0) is 12.0 Å². The lowest BCUT2D eigenvalue weighted by Crippen LogP contribution is -1.93. The molecule has 1 aromatic carbocycles. The molecule has 0 bridgehead atoms. The van der Waals surface area contributed by atoms with Gasteiger partial charge in [0.1, 0.15) is 5.69 Å². The lowest BCUT2D eigenvalue weighted by atomic mass is 10.1. The molecule has 2 rings (SSSR count). The molecule has 15 heavy (non-hydrogen) atoms. The van der Waals surface area contributed by atoms with Crippen LogP contribution in [0.4, 0.5) is 5.69 Å². The highest BCUT2D eigenvalue weighted by Crippen LogP contribution is 2.22. The van der Waals surface area contributed by atoms with Crippen LogP contribution in [0.5, 0.6) is 0 Å². The van der Waals surface area contributed by atoms with Gasteiger partial charge in [-0.15, -0.1) is 6.42 Å². The molecule has 0 aliphatic carbocycles. The average Bonchev–Trinajstić information content (AvgIpc) is 2.30. The Hall–Kier alpha value is -2.34. The van der Waals surface area contributed by atoms with E-state index in [-0.39, 0.29) is 0 Å². The molecule has 0 spiro atoms. The summed E-state index contributed by atoms with van der Waals surface area (Å²) < 4.78 is 0. The van der Waals surface area contributed by atoms with Gasteiger partial charge in [-0.25, -0.2) is 4.98 Å². The van der Waals surface area contributed by atoms with Gasteiger partial charge in [0.25, 0.3) is 0 Å². The largest absolute Gasteiger partial charge is 0.398 e. The molecule has 1 heterocycles. The van der Waals surface area contributed by atoms with Gasteiger partial charge in [-0.1, -0.05) is 18.2 Å². The van der Waals surface area contributed by atoms with Crippen LogP contribution in [0.1, 0.15) is 5.69 Å². The molecular formula is C12H9N3. The SMILES string of the molecule is C#Cc1cnc(-c2ccccc2N)cn1. The monoisotopic (exact) mass is 195 g/mol. The van der Waals surface area contributed by atoms with Gasteiger partial charge in [0.2, 0.25) is 0 Å². The zero-order chi connectivity index (χ0) is 10.7. The highest BCUT2D eigenvalue weighted by atomic mass is 14.8. The summed E-state index contributed by atoms with van der Waals surface area (Å²) in [5.74, 6) is 2.42. The highest BCUT2D eigenvalue weighted by molar-refractivity contribution is 5.72. The van der Waals surface area contributed by atoms with Gasteiger partial charge >= 0.3 is 0 Å². The summed E-state index contributed by atoms with van der Waals surface area (Å²) in [7, 11) is 0. The van der Waals surface area contributed by atoms with Crippen LogP contribution in [0.25, 0.3) is 11.3 Å². The molecule has 0 atom stereocenters. The first-order chi connectivity index (χ1) is 7.31. The van der Waals surface area contributed by atoms with Crippen LogP contribution in [0.2, 0.25) is 0 Å². The maximum atomic E-state index is 5.82. The van der Waals surface area contributed by atoms with Crippen molar-refractivity contribution >= 4 is 5.69 Å². The third-order valence-electron chi connectivity index (χ3n) is 2.04. The van der Waals surface area contributed by atoms with Gasteiger partial charge in [0, 0.05) is 11.3 Å². The van der Waals surface area contributed by atoms with Crippen LogP contribution in [-0.2, 0) is 0 Å². The zero-order valence-corrected chi connectivity index (χ0v) is 8.01. The Morgan fingerprint density at radius 1 is 1.13 bits per heavy atom. The number of para-hydroxylation sites is 1. The quantitative estimate of drug-likeness (QED) is 0.556. The Morgan fingerprint density at radius 3 is 2.53 bits per heavy atom. The molecule has 2 aromatic rings. The van der Waals surface area contributed by atoms with E-state index in [0.717, 1.165) is 11.3 Å². The maximum Gasteiger partial charge on any atom is 0.131 e. The molecular weight excluding hydrogens is 186 g/mol. The van der Waals surface area contributed by atoms with Crippen LogP contribution in [0.3, 0.4) is 0 Å². The van der Waals surface area contributed by atoms with Crippen molar-refractivity contribution in [2.24, 2.45) is 0 Å². The minimum Gasteiger partial charge on any atom is -0.398 e. The summed E-state index contributed by atoms with van der Waals surface area (Å²) in [6, 6.07) is 7.51. The van der Waals surface area contributed by atoms with E-state index in [0.29, 0.717) is 11.4 Å². The lowest BCUT2D eigenvalue weighted by molar-refractivity contribution is 1.18. The van der Waals surface area contributed by atoms with Crippen LogP contribution < -0.4 is 5.73 Å². The van der Waals surface area contributed by atoms with E-state index in [1.807, 2.05) is 24.3 Å². The summed E-state index contributed by atoms with van der Waals surface area (Å²) in [6.45, 7) is 0. The van der Waals surface area contributed by atoms with Crippen molar-refractivity contribution in [3.8, 4) is 23.6 Å². The number of rotatable bonds is 1. The number of hydrogen-bond acceptors (Lipinski definition) is 3. The minimum absolute atomic E-state index is 0.522. The molecule has 0 saturated heterocycles. The number of nitrogens with zero attached hydrogens (tertiary/aromatic N) is 2. The predicted molar refractivity (Wildman–Crippen MR) is 59.8 cm³/mol. The van der Waals surface area contributed by atoms with E-state index in [2.05, 4.69) is 15.9 Å². The fraction of sp³-hybridized carbons (Fsp3) is 0. The Kier molecular flexibility index (Phi) is 2.34. The number of anilines is 1. The van der Waals surface area contributed by atoms with Crippen molar-refractivity contribution in [1.29, 1.82) is 0 Å². The average molecular weight is 195 g/mol. The second-order valence-electron chi connectivity index (χ2n) is 3.02. The third-order valence-corrected chi connectivity index (χ3v) is 2.04. The van der Waals surface area contributed by atoms with Crippen molar-refractivity contribution in [3.05, 3.63) is 42.4 Å². The standard InChI is InChI=1S/C12H9N3/c1-2-9-7-15-12(8-14-9)10-5-3-4-6-11(10)13/h1,3-8H,13H2. The maximum absolute atomic E-state index is 5.82. The molecule has 0 saturated carbocycles. The summed E-state index contributed by atoms with van der Waals surface area (Å²) in [5, 5.41) is 0. The van der Waals surface area contributed by atoms with E-state index >= 15 is 0 Å². The first kappa shape index (κ1) is 9.22. The van der Waals surface area contributed by atoms with Gasteiger partial charge in [-0.2, -0.15) is 0 Å². The van der Waals surface area contributed by atoms with Crippen LogP contribution >= 0.6 is 0 Å². The molecule has 0 aliphatic rings. The van der Waals surface area contributed by atoms with Crippen molar-refractivity contribution in [1.82, 2.24) is 9.97 Å². The second kappa shape index (κ2) is 3.81. The zero-order valence-electron chi connectivity index (χ0n) is 8.01. The number of nitrogen functional groups attached to an aromatic ring is 1. The topological polar surface area (TPSA) is 51.8 Å². The summed E-state index contributed by atoms with van der Waals surface area (Å²) in [6.07, 6.45) is 8.37. The number of hydrogen-bond donors (Lipinski definition) is 1. The number of nitrogens with two attached hydrogens (primary N) is 1. The smallest absolute Gasteiger partial charge is 0.131 e. The second-order valence-corrected chi connectivity index (χ2v) is 3.02. The van der Waals surface area contributed by atoms with Crippen molar-refractivity contribution in [2.45, 2.75) is 0 Å². The molecule has 0 amide bonds. The van der Waals surface area contributed by atoms with Gasteiger partial charge in [0.05, 0.1) is 18.1 Å².